The first kappa shape index (κ1) is 16.1. The van der Waals surface area contributed by atoms with Gasteiger partial charge < -0.3 is 9.64 Å². The Morgan fingerprint density at radius 2 is 1.80 bits per heavy atom. The second-order valence-corrected chi connectivity index (χ2v) is 4.21. The SMILES string of the molecule is CCN(CC)C(=O)C(F)(F)/C=C/c1ccc(OC)cc1. The van der Waals surface area contributed by atoms with Gasteiger partial charge in [-0.25, -0.2) is 0 Å². The minimum atomic E-state index is -3.49. The van der Waals surface area contributed by atoms with Crippen molar-refractivity contribution in [2.75, 3.05) is 20.2 Å². The highest BCUT2D eigenvalue weighted by Crippen LogP contribution is 2.21. The van der Waals surface area contributed by atoms with E-state index in [1.54, 1.807) is 38.1 Å². The Labute approximate surface area is 117 Å². The number of benzene rings is 1. The highest BCUT2D eigenvalue weighted by Gasteiger charge is 2.38. The van der Waals surface area contributed by atoms with E-state index in [0.717, 1.165) is 4.90 Å². The lowest BCUT2D eigenvalue weighted by molar-refractivity contribution is -0.150. The summed E-state index contributed by atoms with van der Waals surface area (Å²) in [5, 5.41) is 0. The number of halogens is 2. The van der Waals surface area contributed by atoms with Crippen molar-refractivity contribution in [2.45, 2.75) is 19.8 Å². The molecular weight excluding hydrogens is 264 g/mol. The van der Waals surface area contributed by atoms with Gasteiger partial charge in [0.05, 0.1) is 7.11 Å². The maximum Gasteiger partial charge on any atom is 0.343 e. The molecule has 0 bridgehead atoms. The van der Waals surface area contributed by atoms with Gasteiger partial charge in [0.25, 0.3) is 5.91 Å². The number of nitrogens with zero attached hydrogens (tertiary/aromatic N) is 1. The summed E-state index contributed by atoms with van der Waals surface area (Å²) in [7, 11) is 1.53. The molecule has 1 aromatic rings. The molecule has 1 aromatic carbocycles. The zero-order valence-corrected chi connectivity index (χ0v) is 11.9. The minimum Gasteiger partial charge on any atom is -0.497 e. The summed E-state index contributed by atoms with van der Waals surface area (Å²) in [6, 6.07) is 6.63. The quantitative estimate of drug-likeness (QED) is 0.802. The summed E-state index contributed by atoms with van der Waals surface area (Å²) < 4.78 is 32.5. The number of methoxy groups -OCH3 is 1. The fraction of sp³-hybridized carbons (Fsp3) is 0.400. The molecule has 0 radical (unpaired) electrons. The third kappa shape index (κ3) is 4.05. The predicted octanol–water partition coefficient (Wildman–Crippen LogP) is 3.21. The third-order valence-corrected chi connectivity index (χ3v) is 2.94. The number of carbonyl (C=O) groups excluding carboxylic acids is 1. The summed E-state index contributed by atoms with van der Waals surface area (Å²) >= 11 is 0. The van der Waals surface area contributed by atoms with Crippen molar-refractivity contribution in [3.8, 4) is 5.75 Å². The van der Waals surface area contributed by atoms with Crippen LogP contribution in [-0.4, -0.2) is 36.9 Å². The molecule has 0 fully saturated rings. The molecule has 20 heavy (non-hydrogen) atoms. The second-order valence-electron chi connectivity index (χ2n) is 4.21. The fourth-order valence-corrected chi connectivity index (χ4v) is 1.71. The summed E-state index contributed by atoms with van der Waals surface area (Å²) in [6.45, 7) is 3.87. The van der Waals surface area contributed by atoms with Crippen LogP contribution in [0.1, 0.15) is 19.4 Å². The molecule has 5 heteroatoms. The van der Waals surface area contributed by atoms with Crippen LogP contribution < -0.4 is 4.74 Å². The minimum absolute atomic E-state index is 0.265. The van der Waals surface area contributed by atoms with Crippen molar-refractivity contribution in [1.82, 2.24) is 4.90 Å². The summed E-state index contributed by atoms with van der Waals surface area (Å²) in [4.78, 5) is 12.8. The monoisotopic (exact) mass is 283 g/mol. The molecule has 0 unspecified atom stereocenters. The van der Waals surface area contributed by atoms with E-state index in [-0.39, 0.29) is 13.1 Å². The molecule has 0 heterocycles. The topological polar surface area (TPSA) is 29.5 Å². The number of rotatable bonds is 6. The summed E-state index contributed by atoms with van der Waals surface area (Å²) in [5.74, 6) is -4.02. The molecular formula is C15H19F2NO2. The van der Waals surface area contributed by atoms with E-state index in [9.17, 15) is 13.6 Å². The van der Waals surface area contributed by atoms with Gasteiger partial charge in [0.2, 0.25) is 0 Å². The van der Waals surface area contributed by atoms with Gasteiger partial charge in [-0.05, 0) is 37.6 Å². The van der Waals surface area contributed by atoms with Crippen LogP contribution in [0.5, 0.6) is 5.75 Å². The van der Waals surface area contributed by atoms with Crippen molar-refractivity contribution in [3.05, 3.63) is 35.9 Å². The molecule has 0 aromatic heterocycles. The van der Waals surface area contributed by atoms with E-state index in [2.05, 4.69) is 0 Å². The molecule has 0 aliphatic heterocycles. The van der Waals surface area contributed by atoms with Crippen LogP contribution in [0.4, 0.5) is 8.78 Å². The van der Waals surface area contributed by atoms with E-state index < -0.39 is 11.8 Å². The van der Waals surface area contributed by atoms with Crippen molar-refractivity contribution in [3.63, 3.8) is 0 Å². The smallest absolute Gasteiger partial charge is 0.343 e. The summed E-state index contributed by atoms with van der Waals surface area (Å²) in [5.41, 5.74) is 0.581. The van der Waals surface area contributed by atoms with Gasteiger partial charge in [-0.3, -0.25) is 4.79 Å². The van der Waals surface area contributed by atoms with Crippen molar-refractivity contribution < 1.29 is 18.3 Å². The van der Waals surface area contributed by atoms with Crippen LogP contribution in [0.2, 0.25) is 0 Å². The highest BCUT2D eigenvalue weighted by molar-refractivity contribution is 5.86. The molecule has 0 saturated carbocycles. The van der Waals surface area contributed by atoms with E-state index in [1.165, 1.54) is 13.2 Å². The number of alkyl halides is 2. The second kappa shape index (κ2) is 7.03. The first-order valence-electron chi connectivity index (χ1n) is 6.45. The largest absolute Gasteiger partial charge is 0.497 e. The van der Waals surface area contributed by atoms with E-state index in [4.69, 9.17) is 4.74 Å². The maximum absolute atomic E-state index is 13.8. The van der Waals surface area contributed by atoms with Crippen molar-refractivity contribution >= 4 is 12.0 Å². The van der Waals surface area contributed by atoms with Crippen molar-refractivity contribution in [2.24, 2.45) is 0 Å². The van der Waals surface area contributed by atoms with Crippen LogP contribution in [-0.2, 0) is 4.79 Å². The van der Waals surface area contributed by atoms with Gasteiger partial charge in [-0.2, -0.15) is 8.78 Å². The molecule has 0 N–H and O–H groups in total. The standard InChI is InChI=1S/C15H19F2NO2/c1-4-18(5-2)14(19)15(16,17)11-10-12-6-8-13(20-3)9-7-12/h6-11H,4-5H2,1-3H3/b11-10+. The molecule has 0 atom stereocenters. The Morgan fingerprint density at radius 1 is 1.25 bits per heavy atom. The lowest BCUT2D eigenvalue weighted by Gasteiger charge is -2.22. The first-order valence-corrected chi connectivity index (χ1v) is 6.45. The van der Waals surface area contributed by atoms with Crippen LogP contribution in [0, 0.1) is 0 Å². The van der Waals surface area contributed by atoms with Gasteiger partial charge in [0.1, 0.15) is 5.75 Å². The molecule has 0 aliphatic carbocycles. The predicted molar refractivity (Wildman–Crippen MR) is 74.9 cm³/mol. The number of hydrogen-bond donors (Lipinski definition) is 0. The van der Waals surface area contributed by atoms with Crippen LogP contribution in [0.25, 0.3) is 6.08 Å². The zero-order valence-electron chi connectivity index (χ0n) is 11.9. The van der Waals surface area contributed by atoms with E-state index in [0.29, 0.717) is 17.4 Å². The Bertz CT molecular complexity index is 465. The average molecular weight is 283 g/mol. The Morgan fingerprint density at radius 3 is 2.25 bits per heavy atom. The van der Waals surface area contributed by atoms with Gasteiger partial charge >= 0.3 is 5.92 Å². The van der Waals surface area contributed by atoms with Gasteiger partial charge in [0.15, 0.2) is 0 Å². The Hall–Kier alpha value is -1.91. The normalized spacial score (nSPS) is 11.7. The Kier molecular flexibility index (Phi) is 5.67. The molecule has 1 amide bonds. The van der Waals surface area contributed by atoms with Crippen LogP contribution in [0.3, 0.4) is 0 Å². The number of hydrogen-bond acceptors (Lipinski definition) is 2. The third-order valence-electron chi connectivity index (χ3n) is 2.94. The van der Waals surface area contributed by atoms with E-state index in [1.807, 2.05) is 0 Å². The lowest BCUT2D eigenvalue weighted by atomic mass is 10.1. The molecule has 0 saturated heterocycles. The summed E-state index contributed by atoms with van der Waals surface area (Å²) in [6.07, 6.45) is 1.87. The number of amides is 1. The van der Waals surface area contributed by atoms with Gasteiger partial charge in [0, 0.05) is 13.1 Å². The first-order chi connectivity index (χ1) is 9.44. The zero-order chi connectivity index (χ0) is 15.2. The molecule has 110 valence electrons. The Balaban J connectivity index is 2.82. The molecule has 1 rings (SSSR count). The van der Waals surface area contributed by atoms with Crippen LogP contribution >= 0.6 is 0 Å². The average Bonchev–Trinajstić information content (AvgIpc) is 2.47. The van der Waals surface area contributed by atoms with Gasteiger partial charge in [-0.15, -0.1) is 0 Å². The van der Waals surface area contributed by atoms with E-state index >= 15 is 0 Å². The maximum atomic E-state index is 13.8. The van der Waals surface area contributed by atoms with Gasteiger partial charge in [-0.1, -0.05) is 18.2 Å². The molecule has 3 nitrogen and oxygen atoms in total. The fourth-order valence-electron chi connectivity index (χ4n) is 1.71. The number of carbonyl (C=O) groups is 1. The highest BCUT2D eigenvalue weighted by atomic mass is 19.3. The van der Waals surface area contributed by atoms with Crippen LogP contribution in [0.15, 0.2) is 30.3 Å². The van der Waals surface area contributed by atoms with Crippen molar-refractivity contribution in [1.29, 1.82) is 0 Å². The number of ether oxygens (including phenoxy) is 1. The molecule has 0 aliphatic rings. The lowest BCUT2D eigenvalue weighted by Crippen LogP contribution is -2.42. The molecule has 0 spiro atoms.